The van der Waals surface area contributed by atoms with Crippen molar-refractivity contribution in [3.63, 3.8) is 0 Å². The van der Waals surface area contributed by atoms with Gasteiger partial charge < -0.3 is 4.90 Å². The summed E-state index contributed by atoms with van der Waals surface area (Å²) in [6.45, 7) is 2.13. The van der Waals surface area contributed by atoms with Crippen LogP contribution in [0.1, 0.15) is 13.3 Å². The topological polar surface area (TPSA) is 50.3 Å². The lowest BCUT2D eigenvalue weighted by Crippen LogP contribution is -2.24. The third kappa shape index (κ3) is 3.20. The Labute approximate surface area is 133 Å². The monoisotopic (exact) mass is 312 g/mol. The van der Waals surface area contributed by atoms with Gasteiger partial charge in [0.1, 0.15) is 0 Å². The lowest BCUT2D eigenvalue weighted by Gasteiger charge is -2.16. The van der Waals surface area contributed by atoms with Gasteiger partial charge in [0.15, 0.2) is 5.12 Å². The molecule has 1 aromatic carbocycles. The fourth-order valence-electron chi connectivity index (χ4n) is 2.58. The van der Waals surface area contributed by atoms with Gasteiger partial charge in [0.2, 0.25) is 5.91 Å². The largest absolute Gasteiger partial charge is 0.311 e. The highest BCUT2D eigenvalue weighted by atomic mass is 32.2. The summed E-state index contributed by atoms with van der Waals surface area (Å²) in [5.74, 6) is 0.0735. The number of amides is 1. The van der Waals surface area contributed by atoms with Crippen LogP contribution in [0.5, 0.6) is 0 Å². The van der Waals surface area contributed by atoms with E-state index in [-0.39, 0.29) is 16.3 Å². The highest BCUT2D eigenvalue weighted by Gasteiger charge is 2.31. The SMILES string of the molecule is CC(=O)SC1CC(=O)N(c2ccc(-c3ccccn3)cc2)C1. The van der Waals surface area contributed by atoms with Crippen molar-refractivity contribution < 1.29 is 9.59 Å². The highest BCUT2D eigenvalue weighted by molar-refractivity contribution is 8.14. The number of nitrogens with zero attached hydrogens (tertiary/aromatic N) is 2. The standard InChI is InChI=1S/C17H16N2O2S/c1-12(20)22-15-10-17(21)19(11-15)14-7-5-13(6-8-14)16-4-2-3-9-18-16/h2-9,15H,10-11H2,1H3. The Balaban J connectivity index is 1.76. The molecule has 1 aliphatic rings. The molecule has 1 atom stereocenters. The molecular weight excluding hydrogens is 296 g/mol. The second kappa shape index (κ2) is 6.32. The van der Waals surface area contributed by atoms with Crippen LogP contribution < -0.4 is 4.90 Å². The zero-order valence-electron chi connectivity index (χ0n) is 12.2. The molecule has 0 N–H and O–H groups in total. The molecule has 22 heavy (non-hydrogen) atoms. The Bertz CT molecular complexity index is 686. The van der Waals surface area contributed by atoms with Gasteiger partial charge in [0, 0.05) is 42.6 Å². The summed E-state index contributed by atoms with van der Waals surface area (Å²) in [4.78, 5) is 29.4. The quantitative estimate of drug-likeness (QED) is 0.873. The van der Waals surface area contributed by atoms with E-state index in [0.29, 0.717) is 13.0 Å². The molecule has 1 amide bonds. The van der Waals surface area contributed by atoms with Crippen LogP contribution in [0.4, 0.5) is 5.69 Å². The number of hydrogen-bond donors (Lipinski definition) is 0. The number of pyridine rings is 1. The average Bonchev–Trinajstić information content (AvgIpc) is 2.88. The number of anilines is 1. The Morgan fingerprint density at radius 3 is 2.64 bits per heavy atom. The summed E-state index contributed by atoms with van der Waals surface area (Å²) < 4.78 is 0. The molecule has 0 saturated carbocycles. The molecule has 0 bridgehead atoms. The van der Waals surface area contributed by atoms with Crippen LogP contribution in [0.25, 0.3) is 11.3 Å². The highest BCUT2D eigenvalue weighted by Crippen LogP contribution is 2.29. The minimum absolute atomic E-state index is 0.0560. The van der Waals surface area contributed by atoms with E-state index in [1.807, 2.05) is 42.5 Å². The van der Waals surface area contributed by atoms with Gasteiger partial charge in [-0.2, -0.15) is 0 Å². The molecule has 1 unspecified atom stereocenters. The van der Waals surface area contributed by atoms with Gasteiger partial charge in [0.25, 0.3) is 0 Å². The summed E-state index contributed by atoms with van der Waals surface area (Å²) >= 11 is 1.25. The molecule has 1 aliphatic heterocycles. The molecule has 0 radical (unpaired) electrons. The van der Waals surface area contributed by atoms with E-state index < -0.39 is 0 Å². The average molecular weight is 312 g/mol. The Morgan fingerprint density at radius 2 is 2.00 bits per heavy atom. The molecule has 2 heterocycles. The Hall–Kier alpha value is -2.14. The number of rotatable bonds is 3. The molecule has 112 valence electrons. The third-order valence-corrected chi connectivity index (χ3v) is 4.54. The zero-order valence-corrected chi connectivity index (χ0v) is 13.0. The van der Waals surface area contributed by atoms with E-state index in [9.17, 15) is 9.59 Å². The molecule has 1 aromatic heterocycles. The van der Waals surface area contributed by atoms with Crippen molar-refractivity contribution in [3.8, 4) is 11.3 Å². The van der Waals surface area contributed by atoms with Crippen molar-refractivity contribution in [2.75, 3.05) is 11.4 Å². The summed E-state index contributed by atoms with van der Waals surface area (Å²) in [5.41, 5.74) is 2.80. The molecule has 4 nitrogen and oxygen atoms in total. The predicted molar refractivity (Wildman–Crippen MR) is 88.7 cm³/mol. The van der Waals surface area contributed by atoms with Gasteiger partial charge in [-0.3, -0.25) is 14.6 Å². The Morgan fingerprint density at radius 1 is 1.23 bits per heavy atom. The maximum Gasteiger partial charge on any atom is 0.228 e. The summed E-state index contributed by atoms with van der Waals surface area (Å²) in [6, 6.07) is 13.6. The maximum absolute atomic E-state index is 12.1. The molecule has 3 rings (SSSR count). The molecule has 0 aliphatic carbocycles. The molecule has 5 heteroatoms. The van der Waals surface area contributed by atoms with Crippen molar-refractivity contribution in [3.05, 3.63) is 48.7 Å². The van der Waals surface area contributed by atoms with Gasteiger partial charge >= 0.3 is 0 Å². The first-order valence-electron chi connectivity index (χ1n) is 7.12. The summed E-state index contributed by atoms with van der Waals surface area (Å²) in [5, 5.41) is 0.116. The minimum Gasteiger partial charge on any atom is -0.311 e. The van der Waals surface area contributed by atoms with E-state index in [2.05, 4.69) is 4.98 Å². The van der Waals surface area contributed by atoms with Gasteiger partial charge in [0.05, 0.1) is 5.69 Å². The molecule has 2 aromatic rings. The fraction of sp³-hybridized carbons (Fsp3) is 0.235. The number of carbonyl (C=O) groups excluding carboxylic acids is 2. The van der Waals surface area contributed by atoms with E-state index >= 15 is 0 Å². The number of aromatic nitrogens is 1. The zero-order chi connectivity index (χ0) is 15.5. The van der Waals surface area contributed by atoms with Crippen molar-refractivity contribution >= 4 is 28.5 Å². The second-order valence-corrected chi connectivity index (χ2v) is 6.68. The molecular formula is C17H16N2O2S. The van der Waals surface area contributed by atoms with Gasteiger partial charge in [-0.15, -0.1) is 0 Å². The van der Waals surface area contributed by atoms with E-state index in [1.165, 1.54) is 11.8 Å². The van der Waals surface area contributed by atoms with E-state index in [1.54, 1.807) is 18.0 Å². The normalized spacial score (nSPS) is 17.8. The van der Waals surface area contributed by atoms with Crippen molar-refractivity contribution in [2.24, 2.45) is 0 Å². The number of benzene rings is 1. The van der Waals surface area contributed by atoms with Crippen molar-refractivity contribution in [1.82, 2.24) is 4.98 Å². The number of carbonyl (C=O) groups is 2. The molecule has 1 fully saturated rings. The second-order valence-electron chi connectivity index (χ2n) is 5.20. The lowest BCUT2D eigenvalue weighted by molar-refractivity contribution is -0.117. The molecule has 0 spiro atoms. The van der Waals surface area contributed by atoms with Gasteiger partial charge in [-0.05, 0) is 24.3 Å². The van der Waals surface area contributed by atoms with Gasteiger partial charge in [-0.1, -0.05) is 30.0 Å². The molecule has 1 saturated heterocycles. The van der Waals surface area contributed by atoms with Crippen molar-refractivity contribution in [1.29, 1.82) is 0 Å². The fourth-order valence-corrected chi connectivity index (χ4v) is 3.50. The van der Waals surface area contributed by atoms with Crippen LogP contribution in [0.15, 0.2) is 48.7 Å². The van der Waals surface area contributed by atoms with Crippen molar-refractivity contribution in [2.45, 2.75) is 18.6 Å². The smallest absolute Gasteiger partial charge is 0.228 e. The van der Waals surface area contributed by atoms with Gasteiger partial charge in [-0.25, -0.2) is 0 Å². The Kier molecular flexibility index (Phi) is 4.24. The predicted octanol–water partition coefficient (Wildman–Crippen LogP) is 3.13. The number of hydrogen-bond acceptors (Lipinski definition) is 4. The van der Waals surface area contributed by atoms with Crippen LogP contribution in [0.3, 0.4) is 0 Å². The van der Waals surface area contributed by atoms with Crippen LogP contribution in [0, 0.1) is 0 Å². The minimum atomic E-state index is 0.0560. The maximum atomic E-state index is 12.1. The first kappa shape index (κ1) is 14.8. The number of thioether (sulfide) groups is 1. The lowest BCUT2D eigenvalue weighted by atomic mass is 10.1. The van der Waals surface area contributed by atoms with E-state index in [4.69, 9.17) is 0 Å². The van der Waals surface area contributed by atoms with E-state index in [0.717, 1.165) is 16.9 Å². The third-order valence-electron chi connectivity index (χ3n) is 3.56. The van der Waals surface area contributed by atoms with Crippen LogP contribution in [-0.2, 0) is 9.59 Å². The first-order chi connectivity index (χ1) is 10.6. The van der Waals surface area contributed by atoms with Crippen LogP contribution in [0.2, 0.25) is 0 Å². The van der Waals surface area contributed by atoms with Crippen LogP contribution in [-0.4, -0.2) is 27.8 Å². The summed E-state index contributed by atoms with van der Waals surface area (Å²) in [6.07, 6.45) is 2.18. The first-order valence-corrected chi connectivity index (χ1v) is 8.00. The summed E-state index contributed by atoms with van der Waals surface area (Å²) in [7, 11) is 0. The van der Waals surface area contributed by atoms with Crippen LogP contribution >= 0.6 is 11.8 Å².